The molecule has 1 fully saturated rings. The second-order valence-electron chi connectivity index (χ2n) is 4.95. The number of ether oxygens (including phenoxy) is 1. The molecule has 0 bridgehead atoms. The topological polar surface area (TPSA) is 67.4 Å². The Morgan fingerprint density at radius 1 is 1.45 bits per heavy atom. The molecule has 108 valence electrons. The van der Waals surface area contributed by atoms with E-state index in [4.69, 9.17) is 4.74 Å². The summed E-state index contributed by atoms with van der Waals surface area (Å²) in [5, 5.41) is 5.61. The van der Waals surface area contributed by atoms with Crippen molar-refractivity contribution in [1.29, 1.82) is 0 Å². The third kappa shape index (κ3) is 3.81. The van der Waals surface area contributed by atoms with E-state index in [1.165, 1.54) is 0 Å². The molecule has 2 rings (SSSR count). The van der Waals surface area contributed by atoms with E-state index in [1.54, 1.807) is 19.2 Å². The first-order chi connectivity index (χ1) is 9.70. The summed E-state index contributed by atoms with van der Waals surface area (Å²) in [4.78, 5) is 24.0. The number of hydrogen-bond donors (Lipinski definition) is 2. The van der Waals surface area contributed by atoms with Crippen LogP contribution in [0.4, 0.5) is 0 Å². The Balaban J connectivity index is 2.03. The molecule has 0 spiro atoms. The highest BCUT2D eigenvalue weighted by molar-refractivity contribution is 5.97. The fourth-order valence-electron chi connectivity index (χ4n) is 2.29. The molecule has 2 amide bonds. The van der Waals surface area contributed by atoms with Crippen molar-refractivity contribution in [1.82, 2.24) is 10.6 Å². The molecule has 2 N–H and O–H groups in total. The molecular weight excluding hydrogens is 256 g/mol. The molecular formula is C15H20N2O3. The molecule has 1 aromatic rings. The predicted molar refractivity (Wildman–Crippen MR) is 75.3 cm³/mol. The highest BCUT2D eigenvalue weighted by Gasteiger charge is 2.22. The molecule has 0 aliphatic carbocycles. The average Bonchev–Trinajstić information content (AvgIpc) is 2.65. The zero-order valence-electron chi connectivity index (χ0n) is 11.6. The molecule has 0 radical (unpaired) electrons. The lowest BCUT2D eigenvalue weighted by atomic mass is 10.1. The largest absolute Gasteiger partial charge is 0.380 e. The van der Waals surface area contributed by atoms with Crippen LogP contribution in [-0.2, 0) is 16.1 Å². The smallest absolute Gasteiger partial charge is 0.251 e. The van der Waals surface area contributed by atoms with E-state index < -0.39 is 6.04 Å². The fraction of sp³-hybridized carbons (Fsp3) is 0.467. The van der Waals surface area contributed by atoms with Gasteiger partial charge in [-0.15, -0.1) is 0 Å². The Labute approximate surface area is 118 Å². The summed E-state index contributed by atoms with van der Waals surface area (Å²) in [6.45, 7) is 1.15. The summed E-state index contributed by atoms with van der Waals surface area (Å²) < 4.78 is 5.05. The van der Waals surface area contributed by atoms with Crippen molar-refractivity contribution in [2.24, 2.45) is 0 Å². The zero-order valence-corrected chi connectivity index (χ0v) is 11.6. The summed E-state index contributed by atoms with van der Waals surface area (Å²) >= 11 is 0. The SMILES string of the molecule is COCc1cccc(C(=O)N[C@H]2CCCCNC2=O)c1. The van der Waals surface area contributed by atoms with Crippen molar-refractivity contribution in [2.75, 3.05) is 13.7 Å². The van der Waals surface area contributed by atoms with Gasteiger partial charge in [0.1, 0.15) is 6.04 Å². The van der Waals surface area contributed by atoms with Crippen LogP contribution in [0.5, 0.6) is 0 Å². The van der Waals surface area contributed by atoms with Crippen LogP contribution < -0.4 is 10.6 Å². The van der Waals surface area contributed by atoms with Crippen LogP contribution in [0, 0.1) is 0 Å². The maximum atomic E-state index is 12.2. The van der Waals surface area contributed by atoms with Crippen LogP contribution in [0.25, 0.3) is 0 Å². The molecule has 0 aromatic heterocycles. The van der Waals surface area contributed by atoms with E-state index in [2.05, 4.69) is 10.6 Å². The van der Waals surface area contributed by atoms with Crippen molar-refractivity contribution in [2.45, 2.75) is 31.9 Å². The first-order valence-electron chi connectivity index (χ1n) is 6.87. The van der Waals surface area contributed by atoms with Crippen LogP contribution in [0.1, 0.15) is 35.2 Å². The summed E-state index contributed by atoms with van der Waals surface area (Å²) in [7, 11) is 1.61. The minimum atomic E-state index is -0.434. The van der Waals surface area contributed by atoms with Crippen LogP contribution in [-0.4, -0.2) is 31.5 Å². The minimum Gasteiger partial charge on any atom is -0.380 e. The van der Waals surface area contributed by atoms with Crippen LogP contribution in [0.3, 0.4) is 0 Å². The molecule has 1 aromatic carbocycles. The second-order valence-corrected chi connectivity index (χ2v) is 4.95. The maximum Gasteiger partial charge on any atom is 0.251 e. The van der Waals surface area contributed by atoms with Crippen LogP contribution in [0.15, 0.2) is 24.3 Å². The molecule has 1 aliphatic rings. The maximum absolute atomic E-state index is 12.2. The van der Waals surface area contributed by atoms with E-state index in [0.29, 0.717) is 25.1 Å². The summed E-state index contributed by atoms with van der Waals surface area (Å²) in [5.41, 5.74) is 1.49. The van der Waals surface area contributed by atoms with Gasteiger partial charge < -0.3 is 15.4 Å². The number of methoxy groups -OCH3 is 1. The molecule has 1 atom stereocenters. The first kappa shape index (κ1) is 14.5. The number of nitrogens with one attached hydrogen (secondary N) is 2. The van der Waals surface area contributed by atoms with Gasteiger partial charge in [0, 0.05) is 19.2 Å². The Morgan fingerprint density at radius 2 is 2.30 bits per heavy atom. The molecule has 5 nitrogen and oxygen atoms in total. The quantitative estimate of drug-likeness (QED) is 0.869. The number of amides is 2. The number of rotatable bonds is 4. The fourth-order valence-corrected chi connectivity index (χ4v) is 2.29. The Kier molecular flexibility index (Phi) is 5.12. The number of carbonyl (C=O) groups is 2. The lowest BCUT2D eigenvalue weighted by Gasteiger charge is -2.15. The molecule has 5 heteroatoms. The molecule has 0 unspecified atom stereocenters. The van der Waals surface area contributed by atoms with Gasteiger partial charge in [0.05, 0.1) is 6.61 Å². The van der Waals surface area contributed by atoms with Crippen LogP contribution in [0.2, 0.25) is 0 Å². The molecule has 1 heterocycles. The molecule has 0 saturated carbocycles. The normalized spacial score (nSPS) is 19.1. The van der Waals surface area contributed by atoms with Crippen molar-refractivity contribution in [3.63, 3.8) is 0 Å². The molecule has 20 heavy (non-hydrogen) atoms. The van der Waals surface area contributed by atoms with Gasteiger partial charge >= 0.3 is 0 Å². The van der Waals surface area contributed by atoms with Gasteiger partial charge in [0.2, 0.25) is 5.91 Å². The van der Waals surface area contributed by atoms with Crippen LogP contribution >= 0.6 is 0 Å². The lowest BCUT2D eigenvalue weighted by Crippen LogP contribution is -2.45. The van der Waals surface area contributed by atoms with Crippen molar-refractivity contribution in [3.05, 3.63) is 35.4 Å². The minimum absolute atomic E-state index is 0.0936. The Morgan fingerprint density at radius 3 is 3.10 bits per heavy atom. The van der Waals surface area contributed by atoms with Gasteiger partial charge in [0.15, 0.2) is 0 Å². The summed E-state index contributed by atoms with van der Waals surface area (Å²) in [5.74, 6) is -0.311. The van der Waals surface area contributed by atoms with E-state index in [9.17, 15) is 9.59 Å². The summed E-state index contributed by atoms with van der Waals surface area (Å²) in [6, 6.07) is 6.81. The van der Waals surface area contributed by atoms with Gasteiger partial charge in [-0.2, -0.15) is 0 Å². The third-order valence-corrected chi connectivity index (χ3v) is 3.34. The molecule has 1 saturated heterocycles. The van der Waals surface area contributed by atoms with Gasteiger partial charge in [-0.1, -0.05) is 12.1 Å². The number of carbonyl (C=O) groups excluding carboxylic acids is 2. The standard InChI is InChI=1S/C15H20N2O3/c1-20-10-11-5-4-6-12(9-11)14(18)17-13-7-2-3-8-16-15(13)19/h4-6,9,13H,2-3,7-8,10H2,1H3,(H,16,19)(H,17,18)/t13-/m0/s1. The van der Waals surface area contributed by atoms with Crippen molar-refractivity contribution in [3.8, 4) is 0 Å². The van der Waals surface area contributed by atoms with E-state index in [0.717, 1.165) is 18.4 Å². The number of benzene rings is 1. The molecule has 1 aliphatic heterocycles. The van der Waals surface area contributed by atoms with Crippen molar-refractivity contribution < 1.29 is 14.3 Å². The van der Waals surface area contributed by atoms with Crippen molar-refractivity contribution >= 4 is 11.8 Å². The van der Waals surface area contributed by atoms with E-state index in [1.807, 2.05) is 12.1 Å². The highest BCUT2D eigenvalue weighted by atomic mass is 16.5. The lowest BCUT2D eigenvalue weighted by molar-refractivity contribution is -0.122. The van der Waals surface area contributed by atoms with E-state index in [-0.39, 0.29) is 11.8 Å². The van der Waals surface area contributed by atoms with Gasteiger partial charge in [-0.05, 0) is 37.0 Å². The number of hydrogen-bond acceptors (Lipinski definition) is 3. The third-order valence-electron chi connectivity index (χ3n) is 3.34. The zero-order chi connectivity index (χ0) is 14.4. The predicted octanol–water partition coefficient (Wildman–Crippen LogP) is 1.23. The monoisotopic (exact) mass is 276 g/mol. The second kappa shape index (κ2) is 7.05. The van der Waals surface area contributed by atoms with E-state index >= 15 is 0 Å². The van der Waals surface area contributed by atoms with Gasteiger partial charge in [0.25, 0.3) is 5.91 Å². The van der Waals surface area contributed by atoms with Gasteiger partial charge in [-0.3, -0.25) is 9.59 Å². The highest BCUT2D eigenvalue weighted by Crippen LogP contribution is 2.09. The summed E-state index contributed by atoms with van der Waals surface area (Å²) in [6.07, 6.45) is 2.59. The first-order valence-corrected chi connectivity index (χ1v) is 6.87. The Hall–Kier alpha value is -1.88. The van der Waals surface area contributed by atoms with Gasteiger partial charge in [-0.25, -0.2) is 0 Å². The Bertz CT molecular complexity index is 488. The average molecular weight is 276 g/mol.